The minimum Gasteiger partial charge on any atom is -0.237 e. The first kappa shape index (κ1) is 26.2. The molecule has 173 valence electrons. The summed E-state index contributed by atoms with van der Waals surface area (Å²) in [5.41, 5.74) is -6.38. The van der Waals surface area contributed by atoms with E-state index in [0.717, 1.165) is 0 Å². The van der Waals surface area contributed by atoms with Gasteiger partial charge in [0.25, 0.3) is 0 Å². The molecule has 0 heterocycles. The summed E-state index contributed by atoms with van der Waals surface area (Å²) in [4.78, 5) is 0. The number of hydrogen-bond acceptors (Lipinski definition) is 0. The first-order chi connectivity index (χ1) is 13.2. The van der Waals surface area contributed by atoms with Crippen molar-refractivity contribution in [1.82, 2.24) is 0 Å². The zero-order valence-corrected chi connectivity index (χ0v) is 14.1. The predicted molar refractivity (Wildman–Crippen MR) is 70.1 cm³/mol. The van der Waals surface area contributed by atoms with Crippen LogP contribution in [0.5, 0.6) is 0 Å². The normalized spacial score (nSPS) is 14.9. The lowest BCUT2D eigenvalue weighted by Crippen LogP contribution is -2.51. The molecule has 0 amide bonds. The van der Waals surface area contributed by atoms with E-state index in [1.54, 1.807) is 0 Å². The van der Waals surface area contributed by atoms with Crippen molar-refractivity contribution in [3.8, 4) is 0 Å². The molecule has 0 aliphatic carbocycles. The summed E-state index contributed by atoms with van der Waals surface area (Å²) < 4.78 is 182. The summed E-state index contributed by atoms with van der Waals surface area (Å²) in [6.45, 7) is -1.08. The molecule has 0 unspecified atom stereocenters. The number of halogens is 14. The first-order valence-electron chi connectivity index (χ1n) is 7.53. The van der Waals surface area contributed by atoms with E-state index < -0.39 is 78.2 Å². The van der Waals surface area contributed by atoms with E-state index in [-0.39, 0.29) is 12.1 Å². The molecule has 1 aromatic carbocycles. The molecule has 30 heavy (non-hydrogen) atoms. The zero-order valence-electron chi connectivity index (χ0n) is 14.1. The van der Waals surface area contributed by atoms with Gasteiger partial charge in [-0.2, -0.15) is 61.5 Å². The maximum absolute atomic E-state index is 14.0. The minimum atomic E-state index is -6.94. The van der Waals surface area contributed by atoms with Gasteiger partial charge in [-0.3, -0.25) is 0 Å². The highest BCUT2D eigenvalue weighted by atomic mass is 19.4. The van der Waals surface area contributed by atoms with Crippen LogP contribution in [0.1, 0.15) is 23.1 Å². The lowest BCUT2D eigenvalue weighted by Gasteiger charge is -2.32. The fourth-order valence-electron chi connectivity index (χ4n) is 2.25. The van der Waals surface area contributed by atoms with E-state index >= 15 is 0 Å². The Hall–Kier alpha value is -1.80. The van der Waals surface area contributed by atoms with Crippen LogP contribution in [0.25, 0.3) is 0 Å². The fraction of sp³-hybridized carbons (Fsp3) is 0.600. The highest BCUT2D eigenvalue weighted by Crippen LogP contribution is 2.55. The Balaban J connectivity index is 3.78. The summed E-state index contributed by atoms with van der Waals surface area (Å²) in [7, 11) is 0. The van der Waals surface area contributed by atoms with Crippen LogP contribution < -0.4 is 0 Å². The van der Waals surface area contributed by atoms with E-state index in [9.17, 15) is 66.6 Å². The van der Waals surface area contributed by atoms with Crippen LogP contribution in [0.15, 0.2) is 18.2 Å². The molecule has 0 aromatic heterocycles. The maximum atomic E-state index is 14.0. The van der Waals surface area contributed by atoms with Crippen LogP contribution in [0.4, 0.5) is 61.5 Å². The van der Waals surface area contributed by atoms with E-state index in [4.69, 9.17) is 0 Å². The van der Waals surface area contributed by atoms with Crippen molar-refractivity contribution >= 4 is 0 Å². The highest BCUT2D eigenvalue weighted by molar-refractivity contribution is 5.39. The Morgan fingerprint density at radius 1 is 0.633 bits per heavy atom. The van der Waals surface area contributed by atoms with Crippen molar-refractivity contribution in [3.05, 3.63) is 34.9 Å². The predicted octanol–water partition coefficient (Wildman–Crippen LogP) is 6.63. The number of alkyl halides is 14. The van der Waals surface area contributed by atoms with Gasteiger partial charge in [0.1, 0.15) is 0 Å². The van der Waals surface area contributed by atoms with Crippen LogP contribution >= 0.6 is 0 Å². The van der Waals surface area contributed by atoms with Gasteiger partial charge in [0.2, 0.25) is 0 Å². The smallest absolute Gasteiger partial charge is 0.237 e. The molecule has 0 bridgehead atoms. The van der Waals surface area contributed by atoms with E-state index in [1.165, 1.54) is 0 Å². The van der Waals surface area contributed by atoms with Gasteiger partial charge in [0, 0.05) is 11.1 Å². The molecule has 0 spiro atoms. The molecular weight excluding hydrogens is 462 g/mol. The second kappa shape index (κ2) is 7.71. The molecular formula is C15H9F14O. The van der Waals surface area contributed by atoms with Gasteiger partial charge < -0.3 is 0 Å². The summed E-state index contributed by atoms with van der Waals surface area (Å²) in [6, 6.07) is -1.27. The molecule has 0 aliphatic heterocycles. The van der Waals surface area contributed by atoms with Gasteiger partial charge in [0.15, 0.2) is 0 Å². The average Bonchev–Trinajstić information content (AvgIpc) is 2.57. The van der Waals surface area contributed by atoms with Crippen LogP contribution in [0.2, 0.25) is 0 Å². The van der Waals surface area contributed by atoms with E-state index in [2.05, 4.69) is 0 Å². The van der Waals surface area contributed by atoms with Crippen molar-refractivity contribution in [2.75, 3.05) is 6.61 Å². The van der Waals surface area contributed by atoms with Crippen molar-refractivity contribution in [2.24, 2.45) is 0 Å². The largest absolute Gasteiger partial charge is 0.460 e. The molecule has 0 atom stereocenters. The van der Waals surface area contributed by atoms with E-state index in [1.807, 2.05) is 0 Å². The Morgan fingerprint density at radius 3 is 1.47 bits per heavy atom. The SMILES string of the molecule is [O]CCCc1ccc(C(F)(F)C(F)(F)C(F)(F)F)cc1C(F)(F)C(F)(F)C(F)(F)F. The van der Waals surface area contributed by atoms with Gasteiger partial charge in [-0.05, 0) is 24.5 Å². The highest BCUT2D eigenvalue weighted by Gasteiger charge is 2.75. The van der Waals surface area contributed by atoms with Crippen molar-refractivity contribution in [2.45, 2.75) is 48.9 Å². The third kappa shape index (κ3) is 4.17. The van der Waals surface area contributed by atoms with Gasteiger partial charge in [0.05, 0.1) is 6.61 Å². The average molecular weight is 471 g/mol. The first-order valence-corrected chi connectivity index (χ1v) is 7.53. The molecule has 0 saturated carbocycles. The number of aryl methyl sites for hydroxylation is 1. The van der Waals surface area contributed by atoms with Gasteiger partial charge in [-0.15, -0.1) is 0 Å². The second-order valence-corrected chi connectivity index (χ2v) is 5.97. The zero-order chi connectivity index (χ0) is 24.0. The van der Waals surface area contributed by atoms with Gasteiger partial charge in [-0.1, -0.05) is 12.1 Å². The lowest BCUT2D eigenvalue weighted by atomic mass is 9.89. The molecule has 0 aliphatic rings. The number of benzene rings is 1. The molecule has 1 radical (unpaired) electrons. The van der Waals surface area contributed by atoms with E-state index in [0.29, 0.717) is 0 Å². The van der Waals surface area contributed by atoms with Crippen LogP contribution in [0, 0.1) is 0 Å². The molecule has 15 heteroatoms. The maximum Gasteiger partial charge on any atom is 0.460 e. The molecule has 0 saturated heterocycles. The Labute approximate surface area is 158 Å². The number of rotatable bonds is 7. The summed E-state index contributed by atoms with van der Waals surface area (Å²) in [5.74, 6) is -26.4. The third-order valence-electron chi connectivity index (χ3n) is 3.90. The Morgan fingerprint density at radius 2 is 1.07 bits per heavy atom. The van der Waals surface area contributed by atoms with Crippen molar-refractivity contribution in [1.29, 1.82) is 0 Å². The summed E-state index contributed by atoms with van der Waals surface area (Å²) >= 11 is 0. The molecule has 0 fully saturated rings. The quantitative estimate of drug-likeness (QED) is 0.398. The summed E-state index contributed by atoms with van der Waals surface area (Å²) in [6.07, 6.45) is -15.5. The molecule has 1 aromatic rings. The Bertz CT molecular complexity index is 747. The lowest BCUT2D eigenvalue weighted by molar-refractivity contribution is -0.361. The number of hydrogen-bond donors (Lipinski definition) is 0. The Kier molecular flexibility index (Phi) is 6.75. The van der Waals surface area contributed by atoms with Crippen molar-refractivity contribution < 1.29 is 66.6 Å². The minimum absolute atomic E-state index is 0.0406. The second-order valence-electron chi connectivity index (χ2n) is 5.97. The summed E-state index contributed by atoms with van der Waals surface area (Å²) in [5, 5.41) is 10.4. The standard InChI is InChI=1S/C15H9F14O/c16-10(17,12(20,21)14(24,25)26)8-4-3-7(2-1-5-30)9(6-8)11(18,19)13(22,23)15(27,28)29/h3-4,6H,1-2,5H2. The molecule has 1 nitrogen and oxygen atoms in total. The molecule has 1 rings (SSSR count). The van der Waals surface area contributed by atoms with Gasteiger partial charge in [-0.25, -0.2) is 5.11 Å². The third-order valence-corrected chi connectivity index (χ3v) is 3.90. The van der Waals surface area contributed by atoms with Crippen LogP contribution in [-0.4, -0.2) is 30.8 Å². The topological polar surface area (TPSA) is 19.9 Å². The fourth-order valence-corrected chi connectivity index (χ4v) is 2.25. The van der Waals surface area contributed by atoms with Gasteiger partial charge >= 0.3 is 36.0 Å². The monoisotopic (exact) mass is 471 g/mol. The van der Waals surface area contributed by atoms with Crippen LogP contribution in [-0.2, 0) is 23.4 Å². The molecule has 0 N–H and O–H groups in total. The van der Waals surface area contributed by atoms with Crippen molar-refractivity contribution in [3.63, 3.8) is 0 Å². The van der Waals surface area contributed by atoms with Crippen LogP contribution in [0.3, 0.4) is 0 Å².